The summed E-state index contributed by atoms with van der Waals surface area (Å²) in [6, 6.07) is 9.37. The van der Waals surface area contributed by atoms with Crippen molar-refractivity contribution in [3.63, 3.8) is 0 Å². The number of ether oxygens (including phenoxy) is 2. The number of hydrogen-bond donors (Lipinski definition) is 1. The third-order valence-corrected chi connectivity index (χ3v) is 3.59. The summed E-state index contributed by atoms with van der Waals surface area (Å²) in [6.45, 7) is 3.24. The van der Waals surface area contributed by atoms with Gasteiger partial charge in [-0.2, -0.15) is 4.98 Å². The molecular formula is C14H17N3O3. The molecule has 1 aliphatic rings. The van der Waals surface area contributed by atoms with Gasteiger partial charge in [-0.3, -0.25) is 0 Å². The van der Waals surface area contributed by atoms with Crippen LogP contribution >= 0.6 is 0 Å². The summed E-state index contributed by atoms with van der Waals surface area (Å²) in [5.74, 6) is 1.78. The van der Waals surface area contributed by atoms with Crippen LogP contribution in [-0.2, 0) is 16.8 Å². The van der Waals surface area contributed by atoms with Crippen molar-refractivity contribution >= 4 is 0 Å². The van der Waals surface area contributed by atoms with E-state index in [-0.39, 0.29) is 12.6 Å². The average Bonchev–Trinajstić information content (AvgIpc) is 3.07. The van der Waals surface area contributed by atoms with Crippen LogP contribution in [0, 0.1) is 0 Å². The molecule has 1 aliphatic heterocycles. The van der Waals surface area contributed by atoms with E-state index >= 15 is 0 Å². The van der Waals surface area contributed by atoms with E-state index in [1.807, 2.05) is 37.3 Å². The molecule has 0 aliphatic carbocycles. The molecule has 6 heteroatoms. The summed E-state index contributed by atoms with van der Waals surface area (Å²) in [6.07, 6.45) is 0. The van der Waals surface area contributed by atoms with Crippen molar-refractivity contribution in [2.75, 3.05) is 13.2 Å². The Morgan fingerprint density at radius 1 is 1.40 bits per heavy atom. The third-order valence-electron chi connectivity index (χ3n) is 3.59. The first-order valence-corrected chi connectivity index (χ1v) is 6.53. The quantitative estimate of drug-likeness (QED) is 0.904. The van der Waals surface area contributed by atoms with Crippen LogP contribution in [0.2, 0.25) is 0 Å². The van der Waals surface area contributed by atoms with Gasteiger partial charge in [0, 0.05) is 6.04 Å². The zero-order valence-corrected chi connectivity index (χ0v) is 11.3. The fourth-order valence-electron chi connectivity index (χ4n) is 2.12. The fourth-order valence-corrected chi connectivity index (χ4v) is 2.12. The number of nitrogens with two attached hydrogens (primary N) is 1. The maximum absolute atomic E-state index is 6.04. The first-order chi connectivity index (χ1) is 9.68. The third kappa shape index (κ3) is 2.39. The van der Waals surface area contributed by atoms with Gasteiger partial charge in [0.05, 0.1) is 18.6 Å². The molecule has 6 nitrogen and oxygen atoms in total. The van der Waals surface area contributed by atoms with Gasteiger partial charge in [-0.15, -0.1) is 0 Å². The number of benzene rings is 1. The summed E-state index contributed by atoms with van der Waals surface area (Å²) in [4.78, 5) is 4.37. The largest absolute Gasteiger partial charge is 0.485 e. The fraction of sp³-hybridized carbons (Fsp3) is 0.429. The zero-order valence-electron chi connectivity index (χ0n) is 11.3. The van der Waals surface area contributed by atoms with Crippen LogP contribution in [-0.4, -0.2) is 29.4 Å². The van der Waals surface area contributed by atoms with E-state index in [1.54, 1.807) is 0 Å². The Balaban J connectivity index is 1.68. The van der Waals surface area contributed by atoms with Gasteiger partial charge in [0.25, 0.3) is 0 Å². The summed E-state index contributed by atoms with van der Waals surface area (Å²) in [5, 5.41) is 3.93. The van der Waals surface area contributed by atoms with E-state index < -0.39 is 5.41 Å². The first kappa shape index (κ1) is 13.1. The van der Waals surface area contributed by atoms with Gasteiger partial charge in [0.15, 0.2) is 6.61 Å². The summed E-state index contributed by atoms with van der Waals surface area (Å²) in [7, 11) is 0. The normalized spacial score (nSPS) is 25.8. The number of aromatic nitrogens is 2. The van der Waals surface area contributed by atoms with E-state index in [0.717, 1.165) is 5.75 Å². The van der Waals surface area contributed by atoms with Crippen LogP contribution in [0.25, 0.3) is 0 Å². The van der Waals surface area contributed by atoms with Crippen LogP contribution in [0.15, 0.2) is 34.9 Å². The molecule has 2 N–H and O–H groups in total. The first-order valence-electron chi connectivity index (χ1n) is 6.53. The minimum atomic E-state index is -0.419. The van der Waals surface area contributed by atoms with Gasteiger partial charge in [-0.1, -0.05) is 23.4 Å². The lowest BCUT2D eigenvalue weighted by molar-refractivity contribution is 0.169. The van der Waals surface area contributed by atoms with Gasteiger partial charge < -0.3 is 19.7 Å². The second kappa shape index (κ2) is 5.22. The maximum Gasteiger partial charge on any atom is 0.236 e. The molecule has 1 saturated heterocycles. The van der Waals surface area contributed by atoms with Gasteiger partial charge in [-0.25, -0.2) is 0 Å². The van der Waals surface area contributed by atoms with Crippen molar-refractivity contribution in [3.8, 4) is 5.75 Å². The molecule has 0 saturated carbocycles. The van der Waals surface area contributed by atoms with E-state index in [2.05, 4.69) is 10.1 Å². The molecule has 1 fully saturated rings. The van der Waals surface area contributed by atoms with E-state index in [9.17, 15) is 0 Å². The van der Waals surface area contributed by atoms with E-state index in [0.29, 0.717) is 24.9 Å². The Morgan fingerprint density at radius 3 is 2.90 bits per heavy atom. The van der Waals surface area contributed by atoms with Crippen LogP contribution < -0.4 is 10.5 Å². The monoisotopic (exact) mass is 275 g/mol. The Hall–Kier alpha value is -1.92. The summed E-state index contributed by atoms with van der Waals surface area (Å²) < 4.78 is 16.3. The molecule has 1 aromatic heterocycles. The second-order valence-electron chi connectivity index (χ2n) is 5.16. The van der Waals surface area contributed by atoms with Crippen molar-refractivity contribution in [2.45, 2.75) is 25.0 Å². The standard InChI is InChI=1S/C14H17N3O3/c1-14(9-18-7-11(14)15)13-16-12(17-20-13)8-19-10-5-3-2-4-6-10/h2-6,11H,7-9,15H2,1H3. The Kier molecular flexibility index (Phi) is 3.42. The van der Waals surface area contributed by atoms with Crippen LogP contribution in [0.4, 0.5) is 0 Å². The van der Waals surface area contributed by atoms with Gasteiger partial charge >= 0.3 is 0 Å². The van der Waals surface area contributed by atoms with Crippen molar-refractivity contribution in [2.24, 2.45) is 5.73 Å². The molecule has 0 bridgehead atoms. The lowest BCUT2D eigenvalue weighted by Crippen LogP contribution is -2.42. The molecular weight excluding hydrogens is 258 g/mol. The summed E-state index contributed by atoms with van der Waals surface area (Å²) in [5.41, 5.74) is 5.62. The SMILES string of the molecule is CC1(c2nc(COc3ccccc3)no2)COCC1N. The number of rotatable bonds is 4. The second-order valence-corrected chi connectivity index (χ2v) is 5.16. The molecule has 0 amide bonds. The topological polar surface area (TPSA) is 83.4 Å². The highest BCUT2D eigenvalue weighted by Crippen LogP contribution is 2.30. The lowest BCUT2D eigenvalue weighted by Gasteiger charge is -2.21. The van der Waals surface area contributed by atoms with E-state index in [1.165, 1.54) is 0 Å². The Bertz CT molecular complexity index is 572. The molecule has 2 heterocycles. The predicted molar refractivity (Wildman–Crippen MR) is 71.2 cm³/mol. The van der Waals surface area contributed by atoms with Crippen LogP contribution in [0.3, 0.4) is 0 Å². The molecule has 106 valence electrons. The molecule has 1 aromatic carbocycles. The van der Waals surface area contributed by atoms with Crippen molar-refractivity contribution in [3.05, 3.63) is 42.0 Å². The van der Waals surface area contributed by atoms with E-state index in [4.69, 9.17) is 19.7 Å². The van der Waals surface area contributed by atoms with Gasteiger partial charge in [0.1, 0.15) is 5.75 Å². The van der Waals surface area contributed by atoms with Crippen molar-refractivity contribution < 1.29 is 14.0 Å². The highest BCUT2D eigenvalue weighted by atomic mass is 16.5. The zero-order chi connectivity index (χ0) is 14.0. The Labute approximate surface area is 116 Å². The molecule has 20 heavy (non-hydrogen) atoms. The molecule has 3 rings (SSSR count). The molecule has 0 radical (unpaired) electrons. The molecule has 2 atom stereocenters. The van der Waals surface area contributed by atoms with Crippen LogP contribution in [0.1, 0.15) is 18.6 Å². The molecule has 0 spiro atoms. The smallest absolute Gasteiger partial charge is 0.236 e. The highest BCUT2D eigenvalue weighted by Gasteiger charge is 2.44. The summed E-state index contributed by atoms with van der Waals surface area (Å²) >= 11 is 0. The van der Waals surface area contributed by atoms with Crippen molar-refractivity contribution in [1.82, 2.24) is 10.1 Å². The van der Waals surface area contributed by atoms with Crippen molar-refractivity contribution in [1.29, 1.82) is 0 Å². The lowest BCUT2D eigenvalue weighted by atomic mass is 9.86. The minimum Gasteiger partial charge on any atom is -0.485 e. The number of para-hydroxylation sites is 1. The van der Waals surface area contributed by atoms with Gasteiger partial charge in [-0.05, 0) is 19.1 Å². The molecule has 2 aromatic rings. The molecule has 2 unspecified atom stereocenters. The van der Waals surface area contributed by atoms with Crippen LogP contribution in [0.5, 0.6) is 5.75 Å². The maximum atomic E-state index is 6.04. The minimum absolute atomic E-state index is 0.133. The Morgan fingerprint density at radius 2 is 2.20 bits per heavy atom. The highest BCUT2D eigenvalue weighted by molar-refractivity contribution is 5.21. The van der Waals surface area contributed by atoms with Gasteiger partial charge in [0.2, 0.25) is 11.7 Å². The number of hydrogen-bond acceptors (Lipinski definition) is 6. The number of nitrogens with zero attached hydrogens (tertiary/aromatic N) is 2. The predicted octanol–water partition coefficient (Wildman–Crippen LogP) is 1.26. The average molecular weight is 275 g/mol.